The Balaban J connectivity index is 2.74. The van der Waals surface area contributed by atoms with Gasteiger partial charge < -0.3 is 9.87 Å². The van der Waals surface area contributed by atoms with E-state index in [0.29, 0.717) is 5.70 Å². The summed E-state index contributed by atoms with van der Waals surface area (Å²) in [5.41, 5.74) is 0.493. The Morgan fingerprint density at radius 1 is 1.29 bits per heavy atom. The van der Waals surface area contributed by atoms with Gasteiger partial charge in [-0.1, -0.05) is 0 Å². The Labute approximate surface area is 99.0 Å². The second kappa shape index (κ2) is 3.36. The van der Waals surface area contributed by atoms with Gasteiger partial charge in [-0.05, 0) is 0 Å². The van der Waals surface area contributed by atoms with Crippen LogP contribution in [0.4, 0.5) is 0 Å². The van der Waals surface area contributed by atoms with Gasteiger partial charge in [0.1, 0.15) is 5.70 Å². The maximum absolute atomic E-state index is 11.5. The number of sulfone groups is 1. The van der Waals surface area contributed by atoms with Gasteiger partial charge in [-0.15, -0.1) is 3.89 Å². The van der Waals surface area contributed by atoms with Crippen LogP contribution < -0.4 is 5.32 Å². The van der Waals surface area contributed by atoms with Crippen LogP contribution in [0.1, 0.15) is 0 Å². The number of quaternary nitrogens is 1. The first kappa shape index (κ1) is 12.6. The molecule has 0 bridgehead atoms. The van der Waals surface area contributed by atoms with Crippen LogP contribution in [0, 0.1) is 0 Å². The topological polar surface area (TPSA) is 116 Å². The van der Waals surface area contributed by atoms with Gasteiger partial charge in [0.15, 0.2) is 5.70 Å². The number of nitrogens with zero attached hydrogens (tertiary/aromatic N) is 2. The highest BCUT2D eigenvalue weighted by atomic mass is 32.2. The molecule has 0 saturated carbocycles. The van der Waals surface area contributed by atoms with E-state index in [4.69, 9.17) is 0 Å². The first-order chi connectivity index (χ1) is 7.58. The largest absolute Gasteiger partial charge is 0.701 e. The van der Waals surface area contributed by atoms with Gasteiger partial charge >= 0.3 is 5.17 Å². The number of rotatable bonds is 1. The summed E-state index contributed by atoms with van der Waals surface area (Å²) in [7, 11) is -7.73. The molecular weight excluding hydrogens is 270 g/mol. The lowest BCUT2D eigenvalue weighted by Crippen LogP contribution is -2.54. The Bertz CT molecular complexity index is 645. The third-order valence-electron chi connectivity index (χ3n) is 2.81. The molecule has 0 aromatic rings. The average Bonchev–Trinajstić information content (AvgIpc) is 2.64. The summed E-state index contributed by atoms with van der Waals surface area (Å²) in [5, 5.41) is 2.20. The molecule has 2 aliphatic heterocycles. The van der Waals surface area contributed by atoms with Crippen molar-refractivity contribution < 1.29 is 25.3 Å². The van der Waals surface area contributed by atoms with Crippen molar-refractivity contribution in [3.8, 4) is 0 Å². The number of likely N-dealkylation sites (N-methyl/N-ethyl adjacent to an activating group) is 1. The summed E-state index contributed by atoms with van der Waals surface area (Å²) in [4.78, 5) is 3.78. The van der Waals surface area contributed by atoms with Gasteiger partial charge in [-0.3, -0.25) is 0 Å². The third-order valence-corrected chi connectivity index (χ3v) is 5.33. The second-order valence-electron chi connectivity index (χ2n) is 4.02. The molecular formula is C7H11N3O5S2. The third kappa shape index (κ3) is 1.64. The lowest BCUT2D eigenvalue weighted by atomic mass is 10.4. The lowest BCUT2D eigenvalue weighted by molar-refractivity contribution is -0.639. The van der Waals surface area contributed by atoms with Gasteiger partial charge in [-0.2, -0.15) is 13.4 Å². The van der Waals surface area contributed by atoms with Crippen molar-refractivity contribution in [2.45, 2.75) is 0 Å². The fraction of sp³-hybridized carbons (Fsp3) is 0.571. The molecule has 10 heteroatoms. The van der Waals surface area contributed by atoms with Crippen molar-refractivity contribution in [2.24, 2.45) is 4.99 Å². The minimum absolute atomic E-state index is 0.135. The normalized spacial score (nSPS) is 29.5. The molecule has 1 atom stereocenters. The SMILES string of the molecule is C[N+]1(S(=O)(=O)[O-])C(S(C)(=O)=O)=NC2=C1CNC2. The van der Waals surface area contributed by atoms with Crippen LogP contribution in [-0.4, -0.2) is 56.8 Å². The Kier molecular flexibility index (Phi) is 2.50. The minimum Gasteiger partial charge on any atom is -0.701 e. The van der Waals surface area contributed by atoms with Crippen LogP contribution >= 0.6 is 0 Å². The smallest absolute Gasteiger partial charge is 0.341 e. The van der Waals surface area contributed by atoms with E-state index < -0.39 is 29.2 Å². The van der Waals surface area contributed by atoms with Gasteiger partial charge in [-0.25, -0.2) is 8.42 Å². The van der Waals surface area contributed by atoms with Gasteiger partial charge in [0, 0.05) is 6.54 Å². The van der Waals surface area contributed by atoms with Crippen LogP contribution in [0.5, 0.6) is 0 Å². The highest BCUT2D eigenvalue weighted by Crippen LogP contribution is 2.34. The van der Waals surface area contributed by atoms with E-state index in [1.807, 2.05) is 0 Å². The quantitative estimate of drug-likeness (QED) is 0.444. The van der Waals surface area contributed by atoms with Crippen LogP contribution in [0.15, 0.2) is 16.4 Å². The van der Waals surface area contributed by atoms with Crippen molar-refractivity contribution in [1.82, 2.24) is 5.32 Å². The molecule has 1 unspecified atom stereocenters. The second-order valence-corrected chi connectivity index (χ2v) is 7.51. The minimum atomic E-state index is -4.91. The van der Waals surface area contributed by atoms with Crippen molar-refractivity contribution in [2.75, 3.05) is 26.4 Å². The zero-order valence-electron chi connectivity index (χ0n) is 9.17. The Morgan fingerprint density at radius 3 is 2.35 bits per heavy atom. The number of aliphatic imine (C=N–C) groups is 1. The molecule has 96 valence electrons. The molecule has 0 fully saturated rings. The van der Waals surface area contributed by atoms with E-state index in [1.54, 1.807) is 0 Å². The highest BCUT2D eigenvalue weighted by Gasteiger charge is 2.53. The van der Waals surface area contributed by atoms with E-state index in [-0.39, 0.29) is 18.8 Å². The summed E-state index contributed by atoms with van der Waals surface area (Å²) < 4.78 is 55.9. The van der Waals surface area contributed by atoms with Crippen LogP contribution in [-0.2, 0) is 20.1 Å². The van der Waals surface area contributed by atoms with Crippen molar-refractivity contribution in [1.29, 1.82) is 0 Å². The maximum atomic E-state index is 11.5. The molecule has 2 aliphatic rings. The summed E-state index contributed by atoms with van der Waals surface area (Å²) in [6, 6.07) is 0. The first-order valence-electron chi connectivity index (χ1n) is 4.63. The molecule has 0 aromatic carbocycles. The lowest BCUT2D eigenvalue weighted by Gasteiger charge is -2.31. The molecule has 1 N–H and O–H groups in total. The fourth-order valence-electron chi connectivity index (χ4n) is 1.96. The summed E-state index contributed by atoms with van der Waals surface area (Å²) in [6.45, 7) is 0.396. The highest BCUT2D eigenvalue weighted by molar-refractivity contribution is 8.06. The number of hydrogen-bond donors (Lipinski definition) is 1. The molecule has 0 aromatic heterocycles. The van der Waals surface area contributed by atoms with E-state index in [0.717, 1.165) is 13.3 Å². The zero-order chi connectivity index (χ0) is 13.1. The predicted molar refractivity (Wildman–Crippen MR) is 58.1 cm³/mol. The molecule has 0 saturated heterocycles. The van der Waals surface area contributed by atoms with Crippen LogP contribution in [0.3, 0.4) is 0 Å². The Hall–Kier alpha value is -0.810. The summed E-state index contributed by atoms with van der Waals surface area (Å²) >= 11 is 0. The fourth-order valence-corrected chi connectivity index (χ4v) is 4.33. The van der Waals surface area contributed by atoms with Gasteiger partial charge in [0.2, 0.25) is 9.84 Å². The molecule has 8 nitrogen and oxygen atoms in total. The molecule has 0 aliphatic carbocycles. The van der Waals surface area contributed by atoms with Crippen molar-refractivity contribution in [3.63, 3.8) is 0 Å². The van der Waals surface area contributed by atoms with E-state index in [2.05, 4.69) is 10.3 Å². The standard InChI is InChI=1S/C7H11N3O5S2/c1-10(17(13,14)15)6-4-8-3-5(6)9-7(10)16(2,11)12/h8H,3-4H2,1-2H3. The maximum Gasteiger partial charge on any atom is 0.341 e. The molecule has 0 spiro atoms. The molecule has 2 rings (SSSR count). The molecule has 17 heavy (non-hydrogen) atoms. The first-order valence-corrected chi connectivity index (χ1v) is 7.89. The van der Waals surface area contributed by atoms with E-state index in [9.17, 15) is 21.4 Å². The predicted octanol–water partition coefficient (Wildman–Crippen LogP) is -1.88. The van der Waals surface area contributed by atoms with Crippen molar-refractivity contribution >= 4 is 25.3 Å². The van der Waals surface area contributed by atoms with Crippen molar-refractivity contribution in [3.05, 3.63) is 11.4 Å². The van der Waals surface area contributed by atoms with E-state index in [1.165, 1.54) is 0 Å². The molecule has 0 amide bonds. The summed E-state index contributed by atoms with van der Waals surface area (Å²) in [6.07, 6.45) is 0.836. The van der Waals surface area contributed by atoms with Crippen LogP contribution in [0.2, 0.25) is 0 Å². The number of hydrogen-bond acceptors (Lipinski definition) is 7. The van der Waals surface area contributed by atoms with Gasteiger partial charge in [0.05, 0.1) is 19.8 Å². The summed E-state index contributed by atoms with van der Waals surface area (Å²) in [5.74, 6) is 0. The molecule has 2 heterocycles. The number of nitrogens with one attached hydrogen (secondary N) is 1. The monoisotopic (exact) mass is 281 g/mol. The number of amidine groups is 1. The van der Waals surface area contributed by atoms with Crippen LogP contribution in [0.25, 0.3) is 0 Å². The molecule has 0 radical (unpaired) electrons. The average molecular weight is 281 g/mol. The Morgan fingerprint density at radius 2 is 1.88 bits per heavy atom. The van der Waals surface area contributed by atoms with Gasteiger partial charge in [0.25, 0.3) is 10.3 Å². The van der Waals surface area contributed by atoms with E-state index >= 15 is 0 Å². The zero-order valence-corrected chi connectivity index (χ0v) is 10.8.